The lowest BCUT2D eigenvalue weighted by molar-refractivity contribution is 0.142. The van der Waals surface area contributed by atoms with Crippen molar-refractivity contribution in [2.45, 2.75) is 13.0 Å². The van der Waals surface area contributed by atoms with Crippen LogP contribution in [0.15, 0.2) is 42.4 Å². The fraction of sp³-hybridized carbons (Fsp3) is 0.273. The molecule has 1 unspecified atom stereocenters. The Morgan fingerprint density at radius 1 is 1.31 bits per heavy atom. The summed E-state index contributed by atoms with van der Waals surface area (Å²) in [6.07, 6.45) is 1.90. The molecule has 1 aromatic carbocycles. The molecule has 0 saturated carbocycles. The summed E-state index contributed by atoms with van der Waals surface area (Å²) in [7, 11) is 0. The van der Waals surface area contributed by atoms with Crippen LogP contribution in [0.3, 0.4) is 0 Å². The Hall–Kier alpha value is -1.44. The van der Waals surface area contributed by atoms with Crippen molar-refractivity contribution < 1.29 is 9.47 Å². The fourth-order valence-electron chi connectivity index (χ4n) is 1.35. The molecule has 1 fully saturated rings. The maximum absolute atomic E-state index is 5.54. The normalized spacial score (nSPS) is 24.1. The lowest BCUT2D eigenvalue weighted by atomic mass is 10.1. The molecule has 68 valence electrons. The summed E-state index contributed by atoms with van der Waals surface area (Å²) >= 11 is 0. The van der Waals surface area contributed by atoms with Crippen LogP contribution in [0.1, 0.15) is 18.6 Å². The van der Waals surface area contributed by atoms with Crippen molar-refractivity contribution in [3.63, 3.8) is 0 Å². The van der Waals surface area contributed by atoms with Crippen LogP contribution in [0.5, 0.6) is 0 Å². The summed E-state index contributed by atoms with van der Waals surface area (Å²) in [6.45, 7) is 2.52. The highest BCUT2D eigenvalue weighted by Crippen LogP contribution is 2.27. The van der Waals surface area contributed by atoms with Crippen LogP contribution in [0, 0.1) is 0 Å². The predicted octanol–water partition coefficient (Wildman–Crippen LogP) is 2.64. The van der Waals surface area contributed by atoms with Crippen molar-refractivity contribution in [1.82, 2.24) is 0 Å². The molecule has 0 radical (unpaired) electrons. The number of benzene rings is 1. The first-order valence-electron chi connectivity index (χ1n) is 4.41. The predicted molar refractivity (Wildman–Crippen MR) is 50.0 cm³/mol. The van der Waals surface area contributed by atoms with E-state index < -0.39 is 0 Å². The Morgan fingerprint density at radius 3 is 2.69 bits per heavy atom. The van der Waals surface area contributed by atoms with Crippen molar-refractivity contribution in [2.75, 3.05) is 6.61 Å². The van der Waals surface area contributed by atoms with Crippen molar-refractivity contribution in [3.05, 3.63) is 47.9 Å². The first-order chi connectivity index (χ1) is 6.40. The van der Waals surface area contributed by atoms with Crippen LogP contribution in [0.25, 0.3) is 0 Å². The molecule has 0 spiro atoms. The van der Waals surface area contributed by atoms with Crippen LogP contribution < -0.4 is 0 Å². The summed E-state index contributed by atoms with van der Waals surface area (Å²) in [5.74, 6) is 0.633. The highest BCUT2D eigenvalue weighted by Gasteiger charge is 2.22. The molecule has 1 aromatic rings. The molecular weight excluding hydrogens is 164 g/mol. The molecule has 13 heavy (non-hydrogen) atoms. The van der Waals surface area contributed by atoms with Gasteiger partial charge in [-0.1, -0.05) is 30.3 Å². The molecule has 0 amide bonds. The maximum Gasteiger partial charge on any atom is 0.275 e. The summed E-state index contributed by atoms with van der Waals surface area (Å²) in [4.78, 5) is 0. The van der Waals surface area contributed by atoms with Gasteiger partial charge in [-0.3, -0.25) is 0 Å². The maximum atomic E-state index is 5.54. The van der Waals surface area contributed by atoms with Gasteiger partial charge < -0.3 is 9.47 Å². The van der Waals surface area contributed by atoms with E-state index in [0.717, 1.165) is 0 Å². The number of allylic oxidation sites excluding steroid dienone is 1. The zero-order valence-corrected chi connectivity index (χ0v) is 7.57. The third-order valence-corrected chi connectivity index (χ3v) is 2.04. The number of hydrogen-bond donors (Lipinski definition) is 0. The van der Waals surface area contributed by atoms with Gasteiger partial charge in [-0.2, -0.15) is 0 Å². The second kappa shape index (κ2) is 3.52. The molecule has 1 aliphatic rings. The SMILES string of the molecule is C/C=C1/OCC(c2ccccc2)O1. The van der Waals surface area contributed by atoms with Crippen LogP contribution in [0.2, 0.25) is 0 Å². The molecule has 1 saturated heterocycles. The van der Waals surface area contributed by atoms with Crippen molar-refractivity contribution in [3.8, 4) is 0 Å². The Morgan fingerprint density at radius 2 is 2.08 bits per heavy atom. The van der Waals surface area contributed by atoms with Crippen LogP contribution >= 0.6 is 0 Å². The topological polar surface area (TPSA) is 18.5 Å². The average molecular weight is 176 g/mol. The van der Waals surface area contributed by atoms with Crippen LogP contribution in [-0.2, 0) is 9.47 Å². The fourth-order valence-corrected chi connectivity index (χ4v) is 1.35. The molecule has 2 rings (SSSR count). The third-order valence-electron chi connectivity index (χ3n) is 2.04. The summed E-state index contributed by atoms with van der Waals surface area (Å²) < 4.78 is 10.8. The minimum Gasteiger partial charge on any atom is -0.461 e. The minimum absolute atomic E-state index is 0.0624. The lowest BCUT2D eigenvalue weighted by Gasteiger charge is -2.06. The zero-order chi connectivity index (χ0) is 9.10. The smallest absolute Gasteiger partial charge is 0.275 e. The van der Waals surface area contributed by atoms with Gasteiger partial charge in [-0.25, -0.2) is 0 Å². The van der Waals surface area contributed by atoms with E-state index in [4.69, 9.17) is 9.47 Å². The van der Waals surface area contributed by atoms with Gasteiger partial charge in [0.2, 0.25) is 0 Å². The van der Waals surface area contributed by atoms with Gasteiger partial charge in [-0.05, 0) is 18.6 Å². The van der Waals surface area contributed by atoms with E-state index in [1.54, 1.807) is 0 Å². The molecule has 0 aromatic heterocycles. The average Bonchev–Trinajstić information content (AvgIpc) is 2.67. The van der Waals surface area contributed by atoms with Crippen molar-refractivity contribution in [1.29, 1.82) is 0 Å². The van der Waals surface area contributed by atoms with E-state index in [1.807, 2.05) is 43.3 Å². The Bertz CT molecular complexity index is 303. The molecule has 0 aliphatic carbocycles. The number of hydrogen-bond acceptors (Lipinski definition) is 2. The molecule has 2 heteroatoms. The van der Waals surface area contributed by atoms with Gasteiger partial charge in [0.15, 0.2) is 6.10 Å². The largest absolute Gasteiger partial charge is 0.461 e. The monoisotopic (exact) mass is 176 g/mol. The van der Waals surface area contributed by atoms with Crippen LogP contribution in [0.4, 0.5) is 0 Å². The van der Waals surface area contributed by atoms with Gasteiger partial charge in [0.1, 0.15) is 6.61 Å². The minimum atomic E-state index is 0.0624. The lowest BCUT2D eigenvalue weighted by Crippen LogP contribution is -1.98. The molecule has 1 atom stereocenters. The van der Waals surface area contributed by atoms with Gasteiger partial charge >= 0.3 is 0 Å². The Balaban J connectivity index is 2.13. The Kier molecular flexibility index (Phi) is 2.21. The molecule has 0 bridgehead atoms. The van der Waals surface area contributed by atoms with Gasteiger partial charge in [-0.15, -0.1) is 0 Å². The van der Waals surface area contributed by atoms with Crippen molar-refractivity contribution >= 4 is 0 Å². The van der Waals surface area contributed by atoms with Crippen molar-refractivity contribution in [2.24, 2.45) is 0 Å². The van der Waals surface area contributed by atoms with Gasteiger partial charge in [0, 0.05) is 0 Å². The first kappa shape index (κ1) is 8.17. The highest BCUT2D eigenvalue weighted by atomic mass is 16.7. The number of ether oxygens (including phenoxy) is 2. The van der Waals surface area contributed by atoms with E-state index in [9.17, 15) is 0 Å². The van der Waals surface area contributed by atoms with E-state index in [0.29, 0.717) is 12.6 Å². The molecule has 1 heterocycles. The third kappa shape index (κ3) is 1.66. The highest BCUT2D eigenvalue weighted by molar-refractivity contribution is 5.18. The quantitative estimate of drug-likeness (QED) is 0.654. The zero-order valence-electron chi connectivity index (χ0n) is 7.57. The molecule has 2 nitrogen and oxygen atoms in total. The summed E-state index contributed by atoms with van der Waals surface area (Å²) in [5.41, 5.74) is 1.17. The van der Waals surface area contributed by atoms with E-state index in [-0.39, 0.29) is 6.10 Å². The van der Waals surface area contributed by atoms with E-state index in [2.05, 4.69) is 0 Å². The molecule has 1 aliphatic heterocycles. The van der Waals surface area contributed by atoms with Gasteiger partial charge in [0.05, 0.1) is 0 Å². The molecular formula is C11H12O2. The van der Waals surface area contributed by atoms with Gasteiger partial charge in [0.25, 0.3) is 5.95 Å². The summed E-state index contributed by atoms with van der Waals surface area (Å²) in [6, 6.07) is 10.1. The van der Waals surface area contributed by atoms with Crippen LogP contribution in [-0.4, -0.2) is 6.61 Å². The standard InChI is InChI=1S/C11H12O2/c1-2-11-12-8-10(13-11)9-6-4-3-5-7-9/h2-7,10H,8H2,1H3/b11-2-. The Labute approximate surface area is 77.8 Å². The summed E-state index contributed by atoms with van der Waals surface area (Å²) in [5, 5.41) is 0. The first-order valence-corrected chi connectivity index (χ1v) is 4.41. The second-order valence-electron chi connectivity index (χ2n) is 2.94. The van der Waals surface area contributed by atoms with E-state index in [1.165, 1.54) is 5.56 Å². The van der Waals surface area contributed by atoms with E-state index >= 15 is 0 Å². The molecule has 0 N–H and O–H groups in total. The second-order valence-corrected chi connectivity index (χ2v) is 2.94. The number of rotatable bonds is 1.